The summed E-state index contributed by atoms with van der Waals surface area (Å²) in [5.41, 5.74) is 0.181. The van der Waals surface area contributed by atoms with Gasteiger partial charge in [-0.3, -0.25) is 4.79 Å². The van der Waals surface area contributed by atoms with Gasteiger partial charge in [0.25, 0.3) is 0 Å². The van der Waals surface area contributed by atoms with E-state index in [1.54, 1.807) is 12.1 Å². The predicted octanol–water partition coefficient (Wildman–Crippen LogP) is 2.18. The summed E-state index contributed by atoms with van der Waals surface area (Å²) < 4.78 is 0.713. The van der Waals surface area contributed by atoms with Gasteiger partial charge in [-0.15, -0.1) is 0 Å². The quantitative estimate of drug-likeness (QED) is 0.856. The Kier molecular flexibility index (Phi) is 2.96. The minimum atomic E-state index is -0.403. The molecule has 4 nitrogen and oxygen atoms in total. The van der Waals surface area contributed by atoms with Gasteiger partial charge in [0.05, 0.1) is 5.56 Å². The number of ketones is 1. The van der Waals surface area contributed by atoms with Crippen molar-refractivity contribution in [2.24, 2.45) is 0 Å². The second-order valence-corrected chi connectivity index (χ2v) is 3.98. The van der Waals surface area contributed by atoms with E-state index in [9.17, 15) is 9.90 Å². The van der Waals surface area contributed by atoms with Gasteiger partial charge in [0.15, 0.2) is 0 Å². The average molecular weight is 279 g/mol. The Hall–Kier alpha value is -1.75. The molecule has 1 N–H and O–H groups in total. The third kappa shape index (κ3) is 2.09. The van der Waals surface area contributed by atoms with E-state index in [0.29, 0.717) is 4.47 Å². The van der Waals surface area contributed by atoms with Crippen LogP contribution in [0.3, 0.4) is 0 Å². The van der Waals surface area contributed by atoms with Crippen molar-refractivity contribution >= 4 is 21.7 Å². The van der Waals surface area contributed by atoms with Gasteiger partial charge in [-0.25, -0.2) is 9.97 Å². The molecule has 1 aromatic heterocycles. The van der Waals surface area contributed by atoms with Gasteiger partial charge in [0, 0.05) is 16.9 Å². The van der Waals surface area contributed by atoms with Crippen LogP contribution >= 0.6 is 15.9 Å². The smallest absolute Gasteiger partial charge is 0.233 e. The molecule has 1 aromatic carbocycles. The number of hydrogen-bond donors (Lipinski definition) is 1. The standard InChI is InChI=1S/C11H7BrN2O2/c12-7-2-3-9(15)8(6-7)10(16)11-13-4-1-5-14-11/h1-6,15H. The van der Waals surface area contributed by atoms with Crippen LogP contribution in [0, 0.1) is 0 Å². The number of benzene rings is 1. The third-order valence-corrected chi connectivity index (χ3v) is 2.47. The lowest BCUT2D eigenvalue weighted by molar-refractivity contribution is 0.102. The lowest BCUT2D eigenvalue weighted by Crippen LogP contribution is -2.06. The van der Waals surface area contributed by atoms with Crippen molar-refractivity contribution in [1.29, 1.82) is 0 Å². The summed E-state index contributed by atoms with van der Waals surface area (Å²) in [4.78, 5) is 19.6. The number of carbonyl (C=O) groups is 1. The van der Waals surface area contributed by atoms with Crippen molar-refractivity contribution in [1.82, 2.24) is 9.97 Å². The molecule has 5 heteroatoms. The zero-order chi connectivity index (χ0) is 11.5. The van der Waals surface area contributed by atoms with E-state index in [4.69, 9.17) is 0 Å². The van der Waals surface area contributed by atoms with Crippen LogP contribution in [0.25, 0.3) is 0 Å². The van der Waals surface area contributed by atoms with E-state index < -0.39 is 5.78 Å². The second-order valence-electron chi connectivity index (χ2n) is 3.06. The van der Waals surface area contributed by atoms with Gasteiger partial charge in [-0.05, 0) is 24.3 Å². The van der Waals surface area contributed by atoms with E-state index >= 15 is 0 Å². The number of aromatic nitrogens is 2. The zero-order valence-electron chi connectivity index (χ0n) is 8.09. The second kappa shape index (κ2) is 4.40. The number of nitrogens with zero attached hydrogens (tertiary/aromatic N) is 2. The number of phenolic OH excluding ortho intramolecular Hbond substituents is 1. The molecule has 0 saturated heterocycles. The van der Waals surface area contributed by atoms with Crippen LogP contribution in [-0.2, 0) is 0 Å². The first-order valence-electron chi connectivity index (χ1n) is 4.49. The van der Waals surface area contributed by atoms with Crippen molar-refractivity contribution in [3.63, 3.8) is 0 Å². The van der Waals surface area contributed by atoms with Crippen molar-refractivity contribution in [3.05, 3.63) is 52.5 Å². The Morgan fingerprint density at radius 2 is 1.94 bits per heavy atom. The Morgan fingerprint density at radius 3 is 2.62 bits per heavy atom. The highest BCUT2D eigenvalue weighted by molar-refractivity contribution is 9.10. The molecule has 16 heavy (non-hydrogen) atoms. The molecule has 2 aromatic rings. The lowest BCUT2D eigenvalue weighted by atomic mass is 10.1. The fourth-order valence-corrected chi connectivity index (χ4v) is 1.59. The molecule has 0 aliphatic carbocycles. The van der Waals surface area contributed by atoms with Crippen LogP contribution in [-0.4, -0.2) is 20.9 Å². The first kappa shape index (κ1) is 10.8. The average Bonchev–Trinajstić information content (AvgIpc) is 2.32. The summed E-state index contributed by atoms with van der Waals surface area (Å²) in [7, 11) is 0. The summed E-state index contributed by atoms with van der Waals surface area (Å²) in [5, 5.41) is 9.57. The number of hydrogen-bond acceptors (Lipinski definition) is 4. The van der Waals surface area contributed by atoms with Gasteiger partial charge in [0.2, 0.25) is 11.6 Å². The van der Waals surface area contributed by atoms with Crippen LogP contribution in [0.1, 0.15) is 16.2 Å². The Labute approximate surface area is 100 Å². The minimum absolute atomic E-state index is 0.0656. The van der Waals surface area contributed by atoms with Crippen LogP contribution < -0.4 is 0 Å². The molecule has 0 fully saturated rings. The van der Waals surface area contributed by atoms with Crippen LogP contribution in [0.4, 0.5) is 0 Å². The maximum Gasteiger partial charge on any atom is 0.233 e. The van der Waals surface area contributed by atoms with E-state index in [1.165, 1.54) is 24.5 Å². The molecule has 0 radical (unpaired) electrons. The molecule has 0 atom stereocenters. The topological polar surface area (TPSA) is 63.1 Å². The van der Waals surface area contributed by atoms with Gasteiger partial charge in [-0.2, -0.15) is 0 Å². The number of halogens is 1. The summed E-state index contributed by atoms with van der Waals surface area (Å²) in [6.07, 6.45) is 2.96. The normalized spacial score (nSPS) is 10.1. The van der Waals surface area contributed by atoms with Crippen molar-refractivity contribution in [3.8, 4) is 5.75 Å². The van der Waals surface area contributed by atoms with E-state index in [-0.39, 0.29) is 17.1 Å². The number of aromatic hydroxyl groups is 1. The highest BCUT2D eigenvalue weighted by Gasteiger charge is 2.15. The van der Waals surface area contributed by atoms with Crippen molar-refractivity contribution in [2.75, 3.05) is 0 Å². The van der Waals surface area contributed by atoms with Gasteiger partial charge in [-0.1, -0.05) is 15.9 Å². The highest BCUT2D eigenvalue weighted by atomic mass is 79.9. The number of rotatable bonds is 2. The molecule has 2 rings (SSSR count). The number of phenols is 1. The molecule has 0 amide bonds. The van der Waals surface area contributed by atoms with E-state index in [1.807, 2.05) is 0 Å². The molecule has 80 valence electrons. The predicted molar refractivity (Wildman–Crippen MR) is 61.3 cm³/mol. The van der Waals surface area contributed by atoms with Gasteiger partial charge in [0.1, 0.15) is 5.75 Å². The first-order chi connectivity index (χ1) is 7.68. The minimum Gasteiger partial charge on any atom is -0.507 e. The van der Waals surface area contributed by atoms with Gasteiger partial charge < -0.3 is 5.11 Å². The monoisotopic (exact) mass is 278 g/mol. The van der Waals surface area contributed by atoms with Gasteiger partial charge >= 0.3 is 0 Å². The Balaban J connectivity index is 2.46. The maximum atomic E-state index is 11.9. The number of carbonyl (C=O) groups excluding carboxylic acids is 1. The van der Waals surface area contributed by atoms with Crippen molar-refractivity contribution in [2.45, 2.75) is 0 Å². The molecule has 0 unspecified atom stereocenters. The molecule has 0 aliphatic heterocycles. The molecule has 0 aliphatic rings. The Morgan fingerprint density at radius 1 is 1.25 bits per heavy atom. The molecular formula is C11H7BrN2O2. The van der Waals surface area contributed by atoms with Crippen LogP contribution in [0.2, 0.25) is 0 Å². The van der Waals surface area contributed by atoms with Crippen molar-refractivity contribution < 1.29 is 9.90 Å². The fourth-order valence-electron chi connectivity index (χ4n) is 1.23. The first-order valence-corrected chi connectivity index (χ1v) is 5.28. The largest absolute Gasteiger partial charge is 0.507 e. The summed E-state index contributed by atoms with van der Waals surface area (Å²) >= 11 is 3.23. The Bertz CT molecular complexity index is 529. The summed E-state index contributed by atoms with van der Waals surface area (Å²) in [6.45, 7) is 0. The van der Waals surface area contributed by atoms with E-state index in [2.05, 4.69) is 25.9 Å². The summed E-state index contributed by atoms with van der Waals surface area (Å²) in [5.74, 6) is -0.420. The molecule has 1 heterocycles. The summed E-state index contributed by atoms with van der Waals surface area (Å²) in [6, 6.07) is 6.25. The molecule has 0 bridgehead atoms. The fraction of sp³-hybridized carbons (Fsp3) is 0. The maximum absolute atomic E-state index is 11.9. The SMILES string of the molecule is O=C(c1ncccn1)c1cc(Br)ccc1O. The molecular weight excluding hydrogens is 272 g/mol. The van der Waals surface area contributed by atoms with Crippen LogP contribution in [0.15, 0.2) is 41.1 Å². The lowest BCUT2D eigenvalue weighted by Gasteiger charge is -2.02. The van der Waals surface area contributed by atoms with Crippen LogP contribution in [0.5, 0.6) is 5.75 Å². The molecule has 0 saturated carbocycles. The highest BCUT2D eigenvalue weighted by Crippen LogP contribution is 2.23. The third-order valence-electron chi connectivity index (χ3n) is 1.97. The zero-order valence-corrected chi connectivity index (χ0v) is 9.68. The molecule has 0 spiro atoms. The van der Waals surface area contributed by atoms with E-state index in [0.717, 1.165) is 0 Å².